The molecule has 0 aromatic heterocycles. The van der Waals surface area contributed by atoms with Gasteiger partial charge in [0.25, 0.3) is 5.91 Å². The van der Waals surface area contributed by atoms with Crippen molar-refractivity contribution < 1.29 is 14.3 Å². The van der Waals surface area contributed by atoms with E-state index in [4.69, 9.17) is 5.11 Å². The largest absolute Gasteiger partial charge is 0.508 e. The maximum Gasteiger partial charge on any atom is 0.255 e. The molecule has 2 N–H and O–H groups in total. The first-order chi connectivity index (χ1) is 8.56. The molecule has 1 amide bonds. The van der Waals surface area contributed by atoms with Gasteiger partial charge in [-0.15, -0.1) is 0 Å². The smallest absolute Gasteiger partial charge is 0.255 e. The van der Waals surface area contributed by atoms with Crippen LogP contribution in [0.2, 0.25) is 0 Å². The van der Waals surface area contributed by atoms with Crippen molar-refractivity contribution in [2.24, 2.45) is 0 Å². The van der Waals surface area contributed by atoms with E-state index < -0.39 is 11.7 Å². The summed E-state index contributed by atoms with van der Waals surface area (Å²) in [6, 6.07) is 10.2. The van der Waals surface area contributed by atoms with Crippen LogP contribution in [0.15, 0.2) is 46.9 Å². The molecule has 0 aliphatic carbocycles. The van der Waals surface area contributed by atoms with Crippen LogP contribution < -0.4 is 5.32 Å². The van der Waals surface area contributed by atoms with Crippen LogP contribution in [0.1, 0.15) is 10.4 Å². The second-order valence-electron chi connectivity index (χ2n) is 3.63. The molecule has 2 rings (SSSR count). The highest BCUT2D eigenvalue weighted by molar-refractivity contribution is 9.10. The molecule has 0 heterocycles. The van der Waals surface area contributed by atoms with Crippen LogP contribution in [-0.4, -0.2) is 11.0 Å². The summed E-state index contributed by atoms with van der Waals surface area (Å²) in [4.78, 5) is 11.8. The summed E-state index contributed by atoms with van der Waals surface area (Å²) in [6.07, 6.45) is 0. The fourth-order valence-corrected chi connectivity index (χ4v) is 1.63. The predicted molar refractivity (Wildman–Crippen MR) is 70.2 cm³/mol. The van der Waals surface area contributed by atoms with Crippen molar-refractivity contribution in [3.8, 4) is 5.75 Å². The van der Waals surface area contributed by atoms with Crippen molar-refractivity contribution in [1.29, 1.82) is 0 Å². The lowest BCUT2D eigenvalue weighted by Crippen LogP contribution is -2.11. The number of aromatic hydroxyl groups is 1. The predicted octanol–water partition coefficient (Wildman–Crippen LogP) is 3.55. The highest BCUT2D eigenvalue weighted by atomic mass is 79.9. The van der Waals surface area contributed by atoms with Gasteiger partial charge in [0.2, 0.25) is 0 Å². The third-order valence-electron chi connectivity index (χ3n) is 2.31. The Morgan fingerprint density at radius 2 is 1.83 bits per heavy atom. The minimum Gasteiger partial charge on any atom is -0.508 e. The van der Waals surface area contributed by atoms with Crippen LogP contribution >= 0.6 is 15.9 Å². The van der Waals surface area contributed by atoms with Crippen LogP contribution in [0, 0.1) is 5.82 Å². The van der Waals surface area contributed by atoms with Gasteiger partial charge in [0.15, 0.2) is 0 Å². The molecule has 92 valence electrons. The molecular formula is C13H9BrFNO2. The van der Waals surface area contributed by atoms with Crippen LogP contribution in [0.3, 0.4) is 0 Å². The fraction of sp³-hybridized carbons (Fsp3) is 0. The van der Waals surface area contributed by atoms with E-state index in [-0.39, 0.29) is 11.3 Å². The normalized spacial score (nSPS) is 10.1. The molecule has 5 heteroatoms. The number of phenolic OH excluding ortho intramolecular Hbond substituents is 1. The van der Waals surface area contributed by atoms with Gasteiger partial charge in [-0.05, 0) is 58.4 Å². The molecule has 0 bridgehead atoms. The molecule has 0 aliphatic heterocycles. The van der Waals surface area contributed by atoms with E-state index in [1.807, 2.05) is 0 Å². The Bertz CT molecular complexity index is 584. The maximum absolute atomic E-state index is 13.3. The molecule has 0 spiro atoms. The topological polar surface area (TPSA) is 49.3 Å². The minimum absolute atomic E-state index is 0.114. The van der Waals surface area contributed by atoms with Gasteiger partial charge in [0, 0.05) is 11.3 Å². The zero-order valence-electron chi connectivity index (χ0n) is 9.15. The van der Waals surface area contributed by atoms with Crippen LogP contribution in [-0.2, 0) is 0 Å². The van der Waals surface area contributed by atoms with E-state index in [0.717, 1.165) is 6.07 Å². The number of anilines is 1. The molecule has 0 saturated carbocycles. The highest BCUT2D eigenvalue weighted by Crippen LogP contribution is 2.18. The Balaban J connectivity index is 2.16. The molecule has 18 heavy (non-hydrogen) atoms. The third kappa shape index (κ3) is 2.87. The van der Waals surface area contributed by atoms with Gasteiger partial charge in [-0.2, -0.15) is 0 Å². The fourth-order valence-electron chi connectivity index (χ4n) is 1.39. The monoisotopic (exact) mass is 309 g/mol. The number of halogens is 2. The maximum atomic E-state index is 13.3. The minimum atomic E-state index is -0.492. The van der Waals surface area contributed by atoms with Crippen LogP contribution in [0.4, 0.5) is 10.1 Å². The summed E-state index contributed by atoms with van der Waals surface area (Å²) < 4.78 is 13.6. The average Bonchev–Trinajstić information content (AvgIpc) is 2.35. The first-order valence-electron chi connectivity index (χ1n) is 5.12. The van der Waals surface area contributed by atoms with Gasteiger partial charge in [-0.3, -0.25) is 4.79 Å². The summed E-state index contributed by atoms with van der Waals surface area (Å²) in [6.45, 7) is 0. The molecule has 3 nitrogen and oxygen atoms in total. The zero-order chi connectivity index (χ0) is 13.1. The molecule has 0 atom stereocenters. The Morgan fingerprint density at radius 1 is 1.17 bits per heavy atom. The Kier molecular flexibility index (Phi) is 3.62. The number of nitrogens with one attached hydrogen (secondary N) is 1. The molecular weight excluding hydrogens is 301 g/mol. The van der Waals surface area contributed by atoms with Gasteiger partial charge < -0.3 is 10.4 Å². The quantitative estimate of drug-likeness (QED) is 0.834. The van der Waals surface area contributed by atoms with Gasteiger partial charge in [-0.25, -0.2) is 4.39 Å². The van der Waals surface area contributed by atoms with Crippen molar-refractivity contribution in [3.05, 3.63) is 58.3 Å². The molecule has 0 saturated heterocycles. The van der Waals surface area contributed by atoms with E-state index in [9.17, 15) is 9.18 Å². The third-order valence-corrected chi connectivity index (χ3v) is 2.95. The van der Waals surface area contributed by atoms with Crippen molar-refractivity contribution in [3.63, 3.8) is 0 Å². The summed E-state index contributed by atoms with van der Waals surface area (Å²) in [5.74, 6) is -0.789. The standard InChI is InChI=1S/C13H9BrFNO2/c14-11-6-1-8(7-12(11)15)13(18)16-9-2-4-10(17)5-3-9/h1-7,17H,(H,16,18). The van der Waals surface area contributed by atoms with Gasteiger partial charge in [0.1, 0.15) is 11.6 Å². The summed E-state index contributed by atoms with van der Waals surface area (Å²) in [5, 5.41) is 11.7. The van der Waals surface area contributed by atoms with Crippen molar-refractivity contribution in [1.82, 2.24) is 0 Å². The van der Waals surface area contributed by atoms with Crippen LogP contribution in [0.25, 0.3) is 0 Å². The molecule has 0 radical (unpaired) electrons. The molecule has 0 unspecified atom stereocenters. The Hall–Kier alpha value is -1.88. The van der Waals surface area contributed by atoms with E-state index in [1.54, 1.807) is 12.1 Å². The van der Waals surface area contributed by atoms with Crippen molar-refractivity contribution in [2.45, 2.75) is 0 Å². The number of hydrogen-bond donors (Lipinski definition) is 2. The molecule has 0 aliphatic rings. The second-order valence-corrected chi connectivity index (χ2v) is 4.48. The van der Waals surface area contributed by atoms with Gasteiger partial charge >= 0.3 is 0 Å². The summed E-state index contributed by atoms with van der Waals surface area (Å²) >= 11 is 3.02. The van der Waals surface area contributed by atoms with Gasteiger partial charge in [0.05, 0.1) is 4.47 Å². The van der Waals surface area contributed by atoms with Crippen LogP contribution in [0.5, 0.6) is 5.75 Å². The molecule has 2 aromatic rings. The number of amides is 1. The summed E-state index contributed by atoms with van der Waals surface area (Å²) in [5.41, 5.74) is 0.755. The lowest BCUT2D eigenvalue weighted by molar-refractivity contribution is 0.102. The Morgan fingerprint density at radius 3 is 2.44 bits per heavy atom. The number of rotatable bonds is 2. The van der Waals surface area contributed by atoms with Crippen molar-refractivity contribution in [2.75, 3.05) is 5.32 Å². The number of phenols is 1. The number of hydrogen-bond acceptors (Lipinski definition) is 2. The summed E-state index contributed by atoms with van der Waals surface area (Å²) in [7, 11) is 0. The average molecular weight is 310 g/mol. The molecule has 0 fully saturated rings. The van der Waals surface area contributed by atoms with E-state index in [1.165, 1.54) is 24.3 Å². The highest BCUT2D eigenvalue weighted by Gasteiger charge is 2.08. The SMILES string of the molecule is O=C(Nc1ccc(O)cc1)c1ccc(Br)c(F)c1. The molecule has 2 aromatic carbocycles. The Labute approximate surface area is 111 Å². The first-order valence-corrected chi connectivity index (χ1v) is 5.91. The van der Waals surface area contributed by atoms with E-state index in [0.29, 0.717) is 10.2 Å². The second kappa shape index (κ2) is 5.18. The van der Waals surface area contributed by atoms with Gasteiger partial charge in [-0.1, -0.05) is 0 Å². The van der Waals surface area contributed by atoms with Crippen molar-refractivity contribution >= 4 is 27.5 Å². The number of carbonyl (C=O) groups is 1. The number of carbonyl (C=O) groups excluding carboxylic acids is 1. The van der Waals surface area contributed by atoms with E-state index in [2.05, 4.69) is 21.2 Å². The number of benzene rings is 2. The lowest BCUT2D eigenvalue weighted by Gasteiger charge is -2.05. The van der Waals surface area contributed by atoms with E-state index >= 15 is 0 Å². The first kappa shape index (κ1) is 12.6. The lowest BCUT2D eigenvalue weighted by atomic mass is 10.2. The zero-order valence-corrected chi connectivity index (χ0v) is 10.7.